The zero-order chi connectivity index (χ0) is 8.55. The maximum Gasteiger partial charge on any atom is 0.118 e. The van der Waals surface area contributed by atoms with Gasteiger partial charge in [0.15, 0.2) is 0 Å². The predicted octanol–water partition coefficient (Wildman–Crippen LogP) is 2.69. The fourth-order valence-electron chi connectivity index (χ4n) is 1.18. The number of rotatable bonds is 0. The summed E-state index contributed by atoms with van der Waals surface area (Å²) in [6.45, 7) is 0. The molecule has 0 aliphatic heterocycles. The molecule has 1 aromatic heterocycles. The van der Waals surface area contributed by atoms with Crippen molar-refractivity contribution in [1.82, 2.24) is 4.98 Å². The van der Waals surface area contributed by atoms with Gasteiger partial charge in [-0.2, -0.15) is 5.26 Å². The Bertz CT molecular complexity index is 465. The largest absolute Gasteiger partial charge is 0.346 e. The number of nitriles is 1. The van der Waals surface area contributed by atoms with Gasteiger partial charge in [0.05, 0.1) is 0 Å². The fraction of sp³-hybridized carbons (Fsp3) is 0. The molecule has 0 radical (unpaired) electrons. The van der Waals surface area contributed by atoms with Gasteiger partial charge < -0.3 is 4.98 Å². The van der Waals surface area contributed by atoms with E-state index in [1.165, 1.54) is 0 Å². The molecular formula is C9H5ClN2. The predicted molar refractivity (Wildman–Crippen MR) is 48.0 cm³/mol. The number of hydrogen-bond donors (Lipinski definition) is 1. The lowest BCUT2D eigenvalue weighted by atomic mass is 10.2. The van der Waals surface area contributed by atoms with E-state index in [9.17, 15) is 0 Å². The molecule has 0 fully saturated rings. The van der Waals surface area contributed by atoms with Crippen LogP contribution in [0.2, 0.25) is 5.02 Å². The molecule has 0 aliphatic rings. The Morgan fingerprint density at radius 3 is 2.92 bits per heavy atom. The number of nitrogens with zero attached hydrogens (tertiary/aromatic N) is 1. The standard InChI is InChI=1S/C9H5ClN2/c10-8-2-1-3-9-7(8)4-6(5-11)12-9/h1-4,12H. The summed E-state index contributed by atoms with van der Waals surface area (Å²) in [6.07, 6.45) is 0. The molecule has 0 amide bonds. The number of nitrogens with one attached hydrogen (secondary N) is 1. The van der Waals surface area contributed by atoms with Crippen LogP contribution in [0.1, 0.15) is 5.69 Å². The normalized spacial score (nSPS) is 10.0. The van der Waals surface area contributed by atoms with Crippen molar-refractivity contribution in [3.8, 4) is 6.07 Å². The van der Waals surface area contributed by atoms with Crippen molar-refractivity contribution in [2.45, 2.75) is 0 Å². The van der Waals surface area contributed by atoms with Gasteiger partial charge in [0, 0.05) is 15.9 Å². The first-order valence-electron chi connectivity index (χ1n) is 3.48. The molecule has 0 saturated heterocycles. The number of halogens is 1. The van der Waals surface area contributed by atoms with Gasteiger partial charge in [0.25, 0.3) is 0 Å². The first kappa shape index (κ1) is 7.20. The third-order valence-electron chi connectivity index (χ3n) is 1.73. The third kappa shape index (κ3) is 0.956. The quantitative estimate of drug-likeness (QED) is 0.659. The van der Waals surface area contributed by atoms with Gasteiger partial charge in [0.1, 0.15) is 11.8 Å². The zero-order valence-corrected chi connectivity index (χ0v) is 6.89. The van der Waals surface area contributed by atoms with E-state index in [0.717, 1.165) is 10.9 Å². The van der Waals surface area contributed by atoms with Crippen LogP contribution in [0.3, 0.4) is 0 Å². The van der Waals surface area contributed by atoms with E-state index >= 15 is 0 Å². The lowest BCUT2D eigenvalue weighted by Crippen LogP contribution is -1.68. The highest BCUT2D eigenvalue weighted by Gasteiger charge is 2.01. The van der Waals surface area contributed by atoms with Crippen LogP contribution in [0.25, 0.3) is 10.9 Å². The second kappa shape index (κ2) is 2.54. The summed E-state index contributed by atoms with van der Waals surface area (Å²) >= 11 is 5.90. The molecule has 1 heterocycles. The summed E-state index contributed by atoms with van der Waals surface area (Å²) in [5, 5.41) is 10.2. The summed E-state index contributed by atoms with van der Waals surface area (Å²) in [6, 6.07) is 9.32. The minimum absolute atomic E-state index is 0.540. The minimum atomic E-state index is 0.540. The molecular weight excluding hydrogens is 172 g/mol. The molecule has 2 nitrogen and oxygen atoms in total. The van der Waals surface area contributed by atoms with Crippen LogP contribution in [0.15, 0.2) is 24.3 Å². The van der Waals surface area contributed by atoms with E-state index in [1.54, 1.807) is 12.1 Å². The van der Waals surface area contributed by atoms with Gasteiger partial charge in [-0.25, -0.2) is 0 Å². The molecule has 2 rings (SSSR count). The van der Waals surface area contributed by atoms with Gasteiger partial charge in [-0.1, -0.05) is 17.7 Å². The zero-order valence-electron chi connectivity index (χ0n) is 6.13. The number of benzene rings is 1. The Balaban J connectivity index is 2.85. The highest BCUT2D eigenvalue weighted by atomic mass is 35.5. The van der Waals surface area contributed by atoms with Crippen LogP contribution in [-0.4, -0.2) is 4.98 Å². The number of aromatic amines is 1. The molecule has 0 unspecified atom stereocenters. The van der Waals surface area contributed by atoms with Gasteiger partial charge in [-0.3, -0.25) is 0 Å². The maximum atomic E-state index is 8.61. The molecule has 0 saturated carbocycles. The molecule has 1 aromatic carbocycles. The first-order valence-corrected chi connectivity index (χ1v) is 3.86. The van der Waals surface area contributed by atoms with Gasteiger partial charge >= 0.3 is 0 Å². The Labute approximate surface area is 74.4 Å². The lowest BCUT2D eigenvalue weighted by molar-refractivity contribution is 1.37. The SMILES string of the molecule is N#Cc1cc2c(Cl)cccc2[nH]1. The number of hydrogen-bond acceptors (Lipinski definition) is 1. The van der Waals surface area contributed by atoms with Crippen LogP contribution in [-0.2, 0) is 0 Å². The Morgan fingerprint density at radius 2 is 2.25 bits per heavy atom. The van der Waals surface area contributed by atoms with E-state index in [0.29, 0.717) is 10.7 Å². The number of H-pyrrole nitrogens is 1. The van der Waals surface area contributed by atoms with Crippen LogP contribution < -0.4 is 0 Å². The van der Waals surface area contributed by atoms with E-state index in [4.69, 9.17) is 16.9 Å². The Kier molecular flexibility index (Phi) is 1.53. The average molecular weight is 177 g/mol. The van der Waals surface area contributed by atoms with Gasteiger partial charge in [-0.05, 0) is 18.2 Å². The molecule has 58 valence electrons. The topological polar surface area (TPSA) is 39.6 Å². The summed E-state index contributed by atoms with van der Waals surface area (Å²) in [4.78, 5) is 2.94. The first-order chi connectivity index (χ1) is 5.81. The Hall–Kier alpha value is -1.46. The van der Waals surface area contributed by atoms with E-state index in [-0.39, 0.29) is 0 Å². The second-order valence-corrected chi connectivity index (χ2v) is 2.90. The van der Waals surface area contributed by atoms with Crippen LogP contribution in [0.4, 0.5) is 0 Å². The highest BCUT2D eigenvalue weighted by molar-refractivity contribution is 6.35. The molecule has 0 atom stereocenters. The van der Waals surface area contributed by atoms with Crippen LogP contribution >= 0.6 is 11.6 Å². The van der Waals surface area contributed by atoms with Crippen molar-refractivity contribution in [2.24, 2.45) is 0 Å². The second-order valence-electron chi connectivity index (χ2n) is 2.50. The van der Waals surface area contributed by atoms with E-state index in [2.05, 4.69) is 4.98 Å². The molecule has 0 bridgehead atoms. The number of aromatic nitrogens is 1. The van der Waals surface area contributed by atoms with Gasteiger partial charge in [0.2, 0.25) is 0 Å². The summed E-state index contributed by atoms with van der Waals surface area (Å²) in [5.74, 6) is 0. The molecule has 3 heteroatoms. The van der Waals surface area contributed by atoms with E-state index in [1.807, 2.05) is 18.2 Å². The fourth-order valence-corrected chi connectivity index (χ4v) is 1.41. The van der Waals surface area contributed by atoms with E-state index < -0.39 is 0 Å². The highest BCUT2D eigenvalue weighted by Crippen LogP contribution is 2.23. The molecule has 0 aliphatic carbocycles. The summed E-state index contributed by atoms with van der Waals surface area (Å²) in [5.41, 5.74) is 1.44. The summed E-state index contributed by atoms with van der Waals surface area (Å²) < 4.78 is 0. The van der Waals surface area contributed by atoms with Crippen molar-refractivity contribution < 1.29 is 0 Å². The third-order valence-corrected chi connectivity index (χ3v) is 2.06. The van der Waals surface area contributed by atoms with Crippen molar-refractivity contribution in [1.29, 1.82) is 5.26 Å². The maximum absolute atomic E-state index is 8.61. The van der Waals surface area contributed by atoms with Crippen LogP contribution in [0, 0.1) is 11.3 Å². The minimum Gasteiger partial charge on any atom is -0.346 e. The molecule has 2 aromatic rings. The van der Waals surface area contributed by atoms with Gasteiger partial charge in [-0.15, -0.1) is 0 Å². The smallest absolute Gasteiger partial charge is 0.118 e. The summed E-state index contributed by atoms with van der Waals surface area (Å²) in [7, 11) is 0. The van der Waals surface area contributed by atoms with Crippen molar-refractivity contribution in [3.63, 3.8) is 0 Å². The number of fused-ring (bicyclic) bond motifs is 1. The molecule has 1 N–H and O–H groups in total. The Morgan fingerprint density at radius 1 is 1.42 bits per heavy atom. The lowest BCUT2D eigenvalue weighted by Gasteiger charge is -1.89. The van der Waals surface area contributed by atoms with Crippen molar-refractivity contribution in [2.75, 3.05) is 0 Å². The molecule has 12 heavy (non-hydrogen) atoms. The molecule has 0 spiro atoms. The van der Waals surface area contributed by atoms with Crippen LogP contribution in [0.5, 0.6) is 0 Å². The van der Waals surface area contributed by atoms with Crippen molar-refractivity contribution in [3.05, 3.63) is 35.0 Å². The van der Waals surface area contributed by atoms with Crippen molar-refractivity contribution >= 4 is 22.5 Å². The monoisotopic (exact) mass is 176 g/mol. The average Bonchev–Trinajstić information content (AvgIpc) is 2.49.